The molecule has 0 aliphatic rings. The van der Waals surface area contributed by atoms with Crippen molar-refractivity contribution in [2.24, 2.45) is 11.5 Å². The first-order chi connectivity index (χ1) is 12.8. The molecule has 0 fully saturated rings. The van der Waals surface area contributed by atoms with E-state index in [4.69, 9.17) is 50.9 Å². The molecule has 0 saturated heterocycles. The van der Waals surface area contributed by atoms with Crippen LogP contribution in [0.1, 0.15) is 25.0 Å². The van der Waals surface area contributed by atoms with Gasteiger partial charge >= 0.3 is 0 Å². The molecule has 2 atom stereocenters. The van der Waals surface area contributed by atoms with E-state index >= 15 is 0 Å². The second-order valence-corrected chi connectivity index (χ2v) is 7.87. The van der Waals surface area contributed by atoms with Crippen LogP contribution in [0.5, 0.6) is 11.5 Å². The highest BCUT2D eigenvalue weighted by atomic mass is 35.5. The van der Waals surface area contributed by atoms with Gasteiger partial charge in [-0.25, -0.2) is 0 Å². The molecule has 5 nitrogen and oxygen atoms in total. The lowest BCUT2D eigenvalue weighted by Gasteiger charge is -2.32. The quantitative estimate of drug-likeness (QED) is 0.392. The van der Waals surface area contributed by atoms with Crippen LogP contribution in [0, 0.1) is 0 Å². The SMILES string of the molecule is CC(CN)(CCl)c1c(N)cccc1Oc1cccc(N)c1C(C)(CN)CCl. The predicted molar refractivity (Wildman–Crippen MR) is 116 cm³/mol. The van der Waals surface area contributed by atoms with Crippen molar-refractivity contribution in [3.63, 3.8) is 0 Å². The summed E-state index contributed by atoms with van der Waals surface area (Å²) in [6.07, 6.45) is 0. The largest absolute Gasteiger partial charge is 0.457 e. The van der Waals surface area contributed by atoms with Crippen LogP contribution in [0.25, 0.3) is 0 Å². The van der Waals surface area contributed by atoms with E-state index < -0.39 is 10.8 Å². The van der Waals surface area contributed by atoms with Crippen molar-refractivity contribution in [3.05, 3.63) is 47.5 Å². The molecule has 27 heavy (non-hydrogen) atoms. The fraction of sp³-hybridized carbons (Fsp3) is 0.400. The van der Waals surface area contributed by atoms with Gasteiger partial charge in [0.1, 0.15) is 11.5 Å². The third kappa shape index (κ3) is 4.11. The highest BCUT2D eigenvalue weighted by Crippen LogP contribution is 2.43. The van der Waals surface area contributed by atoms with Crippen LogP contribution < -0.4 is 27.7 Å². The molecule has 0 saturated carbocycles. The minimum absolute atomic E-state index is 0.306. The molecule has 2 unspecified atom stereocenters. The zero-order chi connectivity index (χ0) is 20.2. The Bertz CT molecular complexity index is 724. The molecule has 0 amide bonds. The first kappa shape index (κ1) is 21.6. The molecule has 0 aliphatic heterocycles. The van der Waals surface area contributed by atoms with Crippen molar-refractivity contribution in [1.82, 2.24) is 0 Å². The van der Waals surface area contributed by atoms with Crippen molar-refractivity contribution < 1.29 is 4.74 Å². The fourth-order valence-electron chi connectivity index (χ4n) is 3.12. The Kier molecular flexibility index (Phi) is 6.87. The van der Waals surface area contributed by atoms with Crippen molar-refractivity contribution in [1.29, 1.82) is 0 Å². The standard InChI is InChI=1S/C20H28Cl2N4O/c1-19(9-21,11-23)17-13(25)5-3-7-15(17)27-16-8-4-6-14(26)18(16)20(2,10-22)12-24/h3-8H,9-12,23-26H2,1-2H3. The molecule has 2 aromatic rings. The van der Waals surface area contributed by atoms with E-state index in [1.807, 2.05) is 50.2 Å². The van der Waals surface area contributed by atoms with Gasteiger partial charge in [0.15, 0.2) is 0 Å². The minimum atomic E-state index is -0.535. The van der Waals surface area contributed by atoms with Crippen LogP contribution in [0.3, 0.4) is 0 Å². The molecule has 2 aromatic carbocycles. The van der Waals surface area contributed by atoms with Crippen molar-refractivity contribution in [2.75, 3.05) is 36.3 Å². The molecule has 0 aromatic heterocycles. The molecule has 0 spiro atoms. The first-order valence-corrected chi connectivity index (χ1v) is 9.81. The Labute approximate surface area is 170 Å². The van der Waals surface area contributed by atoms with Crippen molar-refractivity contribution >= 4 is 34.6 Å². The van der Waals surface area contributed by atoms with Gasteiger partial charge in [-0.15, -0.1) is 23.2 Å². The van der Waals surface area contributed by atoms with E-state index in [1.165, 1.54) is 0 Å². The average Bonchev–Trinajstić information content (AvgIpc) is 2.67. The Morgan fingerprint density at radius 3 is 1.44 bits per heavy atom. The Morgan fingerprint density at radius 1 is 0.778 bits per heavy atom. The van der Waals surface area contributed by atoms with Gasteiger partial charge in [-0.3, -0.25) is 0 Å². The molecular formula is C20H28Cl2N4O. The summed E-state index contributed by atoms with van der Waals surface area (Å²) in [5.41, 5.74) is 26.1. The molecule has 0 heterocycles. The number of ether oxygens (including phenoxy) is 1. The topological polar surface area (TPSA) is 113 Å². The Morgan fingerprint density at radius 2 is 1.15 bits per heavy atom. The number of hydrogen-bond acceptors (Lipinski definition) is 5. The second kappa shape index (κ2) is 8.57. The second-order valence-electron chi connectivity index (χ2n) is 7.34. The van der Waals surface area contributed by atoms with Gasteiger partial charge in [0.25, 0.3) is 0 Å². The molecule has 148 valence electrons. The summed E-state index contributed by atoms with van der Waals surface area (Å²) < 4.78 is 6.31. The van der Waals surface area contributed by atoms with Crippen LogP contribution in [0.15, 0.2) is 36.4 Å². The zero-order valence-corrected chi connectivity index (χ0v) is 17.3. The van der Waals surface area contributed by atoms with E-state index in [-0.39, 0.29) is 0 Å². The maximum atomic E-state index is 6.31. The Balaban J connectivity index is 2.64. The number of halogens is 2. The average molecular weight is 411 g/mol. The van der Waals surface area contributed by atoms with Gasteiger partial charge in [0, 0.05) is 58.2 Å². The van der Waals surface area contributed by atoms with Crippen molar-refractivity contribution in [2.45, 2.75) is 24.7 Å². The summed E-state index contributed by atoms with van der Waals surface area (Å²) in [6, 6.07) is 11.0. The summed E-state index contributed by atoms with van der Waals surface area (Å²) in [6.45, 7) is 4.57. The van der Waals surface area contributed by atoms with Crippen LogP contribution in [-0.4, -0.2) is 24.8 Å². The van der Waals surface area contributed by atoms with Crippen LogP contribution in [-0.2, 0) is 10.8 Å². The molecular weight excluding hydrogens is 383 g/mol. The van der Waals surface area contributed by atoms with Crippen LogP contribution in [0.4, 0.5) is 11.4 Å². The molecule has 0 radical (unpaired) electrons. The molecule has 0 aliphatic carbocycles. The molecule has 0 bridgehead atoms. The van der Waals surface area contributed by atoms with Crippen molar-refractivity contribution in [3.8, 4) is 11.5 Å². The summed E-state index contributed by atoms with van der Waals surface area (Å²) in [5.74, 6) is 1.79. The summed E-state index contributed by atoms with van der Waals surface area (Å²) in [5, 5.41) is 0. The lowest BCUT2D eigenvalue weighted by Crippen LogP contribution is -2.35. The fourth-order valence-corrected chi connectivity index (χ4v) is 3.61. The molecule has 7 heteroatoms. The lowest BCUT2D eigenvalue weighted by atomic mass is 9.82. The monoisotopic (exact) mass is 410 g/mol. The Hall–Kier alpha value is -1.66. The van der Waals surface area contributed by atoms with Gasteiger partial charge in [0.2, 0.25) is 0 Å². The van der Waals surface area contributed by atoms with Gasteiger partial charge in [-0.2, -0.15) is 0 Å². The molecule has 2 rings (SSSR count). The number of rotatable bonds is 8. The van der Waals surface area contributed by atoms with E-state index in [0.717, 1.165) is 11.1 Å². The first-order valence-electron chi connectivity index (χ1n) is 8.74. The summed E-state index contributed by atoms with van der Waals surface area (Å²) >= 11 is 12.4. The maximum absolute atomic E-state index is 6.31. The van der Waals surface area contributed by atoms with E-state index in [0.29, 0.717) is 47.7 Å². The normalized spacial score (nSPS) is 15.8. The van der Waals surface area contributed by atoms with E-state index in [1.54, 1.807) is 0 Å². The maximum Gasteiger partial charge on any atom is 0.133 e. The summed E-state index contributed by atoms with van der Waals surface area (Å²) in [4.78, 5) is 0. The smallest absolute Gasteiger partial charge is 0.133 e. The highest BCUT2D eigenvalue weighted by Gasteiger charge is 2.33. The van der Waals surface area contributed by atoms with E-state index in [2.05, 4.69) is 0 Å². The number of hydrogen-bond donors (Lipinski definition) is 4. The van der Waals surface area contributed by atoms with E-state index in [9.17, 15) is 0 Å². The van der Waals surface area contributed by atoms with Crippen LogP contribution >= 0.6 is 23.2 Å². The minimum Gasteiger partial charge on any atom is -0.457 e. The van der Waals surface area contributed by atoms with Gasteiger partial charge < -0.3 is 27.7 Å². The van der Waals surface area contributed by atoms with Crippen LogP contribution in [0.2, 0.25) is 0 Å². The number of nitrogens with two attached hydrogens (primary N) is 4. The highest BCUT2D eigenvalue weighted by molar-refractivity contribution is 6.19. The predicted octanol–water partition coefficient (Wildman–Crippen LogP) is 3.55. The molecule has 8 N–H and O–H groups in total. The number of anilines is 2. The van der Waals surface area contributed by atoms with Gasteiger partial charge in [-0.1, -0.05) is 26.0 Å². The third-order valence-electron chi connectivity index (χ3n) is 5.03. The third-order valence-corrected chi connectivity index (χ3v) is 6.21. The number of benzene rings is 2. The zero-order valence-electron chi connectivity index (χ0n) is 15.8. The van der Waals surface area contributed by atoms with Gasteiger partial charge in [-0.05, 0) is 24.3 Å². The summed E-state index contributed by atoms with van der Waals surface area (Å²) in [7, 11) is 0. The number of alkyl halides is 2. The van der Waals surface area contributed by atoms with Gasteiger partial charge in [0.05, 0.1) is 0 Å². The lowest BCUT2D eigenvalue weighted by molar-refractivity contribution is 0.429. The number of nitrogen functional groups attached to an aromatic ring is 2.